The number of nitrogens with one attached hydrogen (secondary N) is 1. The van der Waals surface area contributed by atoms with Gasteiger partial charge in [0.25, 0.3) is 0 Å². The van der Waals surface area contributed by atoms with E-state index in [0.717, 1.165) is 12.8 Å². The van der Waals surface area contributed by atoms with Crippen molar-refractivity contribution >= 4 is 0 Å². The average molecular weight is 185 g/mol. The van der Waals surface area contributed by atoms with Crippen LogP contribution in [0.1, 0.15) is 25.1 Å². The maximum atomic E-state index is 13.1. The van der Waals surface area contributed by atoms with E-state index in [4.69, 9.17) is 0 Å². The lowest BCUT2D eigenvalue weighted by Gasteiger charge is -2.12. The van der Waals surface area contributed by atoms with E-state index in [1.807, 2.05) is 0 Å². The van der Waals surface area contributed by atoms with Gasteiger partial charge in [0.15, 0.2) is 5.82 Å². The third-order valence-corrected chi connectivity index (χ3v) is 2.36. The standard InChI is InChI=1S/C8H12FN3O/c9-6-2-1-3-7(6)10-4-8-11-5-13-12-8/h5-7,10H,1-4H2. The molecule has 2 atom stereocenters. The maximum Gasteiger partial charge on any atom is 0.213 e. The molecule has 0 aromatic carbocycles. The maximum absolute atomic E-state index is 13.1. The van der Waals surface area contributed by atoms with E-state index >= 15 is 0 Å². The number of hydrogen-bond donors (Lipinski definition) is 1. The van der Waals surface area contributed by atoms with E-state index in [0.29, 0.717) is 18.8 Å². The molecule has 0 saturated heterocycles. The summed E-state index contributed by atoms with van der Waals surface area (Å²) in [6.45, 7) is 0.488. The van der Waals surface area contributed by atoms with Crippen LogP contribution in [0.25, 0.3) is 0 Å². The van der Waals surface area contributed by atoms with Gasteiger partial charge in [-0.15, -0.1) is 0 Å². The summed E-state index contributed by atoms with van der Waals surface area (Å²) in [5.74, 6) is 0.583. The highest BCUT2D eigenvalue weighted by molar-refractivity contribution is 4.86. The number of halogens is 1. The Balaban J connectivity index is 1.79. The van der Waals surface area contributed by atoms with Gasteiger partial charge in [0.2, 0.25) is 6.39 Å². The number of aromatic nitrogens is 2. The Labute approximate surface area is 75.5 Å². The van der Waals surface area contributed by atoms with Crippen molar-refractivity contribution in [2.75, 3.05) is 0 Å². The summed E-state index contributed by atoms with van der Waals surface area (Å²) in [7, 11) is 0. The van der Waals surface area contributed by atoms with Crippen LogP contribution in [0.4, 0.5) is 4.39 Å². The predicted octanol–water partition coefficient (Wildman–Crippen LogP) is 1.05. The quantitative estimate of drug-likeness (QED) is 0.764. The summed E-state index contributed by atoms with van der Waals surface area (Å²) in [5, 5.41) is 6.70. The second-order valence-corrected chi connectivity index (χ2v) is 3.28. The Bertz CT molecular complexity index is 252. The van der Waals surface area contributed by atoms with Crippen molar-refractivity contribution in [1.82, 2.24) is 15.5 Å². The number of nitrogens with zero attached hydrogens (tertiary/aromatic N) is 2. The van der Waals surface area contributed by atoms with Crippen LogP contribution < -0.4 is 5.32 Å². The molecule has 13 heavy (non-hydrogen) atoms. The van der Waals surface area contributed by atoms with Gasteiger partial charge in [0.1, 0.15) is 6.17 Å². The lowest BCUT2D eigenvalue weighted by atomic mass is 10.2. The normalized spacial score (nSPS) is 28.1. The Kier molecular flexibility index (Phi) is 2.54. The van der Waals surface area contributed by atoms with E-state index in [9.17, 15) is 4.39 Å². The zero-order valence-electron chi connectivity index (χ0n) is 7.24. The molecular weight excluding hydrogens is 173 g/mol. The summed E-state index contributed by atoms with van der Waals surface area (Å²) < 4.78 is 17.7. The van der Waals surface area contributed by atoms with Gasteiger partial charge >= 0.3 is 0 Å². The highest BCUT2D eigenvalue weighted by Gasteiger charge is 2.26. The molecule has 1 aliphatic carbocycles. The van der Waals surface area contributed by atoms with Gasteiger partial charge in [-0.3, -0.25) is 0 Å². The molecule has 4 nitrogen and oxygen atoms in total. The Hall–Kier alpha value is -0.970. The van der Waals surface area contributed by atoms with E-state index in [2.05, 4.69) is 20.0 Å². The molecule has 2 rings (SSSR count). The third-order valence-electron chi connectivity index (χ3n) is 2.36. The first-order valence-electron chi connectivity index (χ1n) is 4.49. The molecule has 0 aliphatic heterocycles. The minimum absolute atomic E-state index is 0.0292. The van der Waals surface area contributed by atoms with Crippen LogP contribution in [0.15, 0.2) is 10.9 Å². The first-order valence-corrected chi connectivity index (χ1v) is 4.49. The van der Waals surface area contributed by atoms with Gasteiger partial charge in [-0.2, -0.15) is 4.98 Å². The Morgan fingerprint density at radius 1 is 1.62 bits per heavy atom. The van der Waals surface area contributed by atoms with Crippen LogP contribution >= 0.6 is 0 Å². The van der Waals surface area contributed by atoms with E-state index in [1.54, 1.807) is 0 Å². The summed E-state index contributed by atoms with van der Waals surface area (Å²) in [6, 6.07) is -0.0292. The molecule has 1 aliphatic rings. The molecule has 5 heteroatoms. The molecule has 1 saturated carbocycles. The molecular formula is C8H12FN3O. The third kappa shape index (κ3) is 2.03. The van der Waals surface area contributed by atoms with Gasteiger partial charge in [-0.25, -0.2) is 4.39 Å². The predicted molar refractivity (Wildman–Crippen MR) is 43.7 cm³/mol. The van der Waals surface area contributed by atoms with Crippen molar-refractivity contribution in [3.05, 3.63) is 12.2 Å². The minimum Gasteiger partial charge on any atom is -0.343 e. The molecule has 1 heterocycles. The zero-order valence-corrected chi connectivity index (χ0v) is 7.24. The summed E-state index contributed by atoms with van der Waals surface area (Å²) in [6.07, 6.45) is 3.10. The minimum atomic E-state index is -0.716. The molecule has 1 N–H and O–H groups in total. The molecule has 1 aromatic rings. The molecule has 0 bridgehead atoms. The van der Waals surface area contributed by atoms with Crippen LogP contribution in [0.2, 0.25) is 0 Å². The second kappa shape index (κ2) is 3.83. The number of alkyl halides is 1. The zero-order chi connectivity index (χ0) is 9.10. The first kappa shape index (κ1) is 8.62. The van der Waals surface area contributed by atoms with Crippen LogP contribution in [-0.4, -0.2) is 22.4 Å². The largest absolute Gasteiger partial charge is 0.343 e. The fourth-order valence-corrected chi connectivity index (χ4v) is 1.64. The fourth-order valence-electron chi connectivity index (χ4n) is 1.64. The van der Waals surface area contributed by atoms with Gasteiger partial charge < -0.3 is 9.84 Å². The highest BCUT2D eigenvalue weighted by Crippen LogP contribution is 2.21. The second-order valence-electron chi connectivity index (χ2n) is 3.28. The summed E-state index contributed by atoms with van der Waals surface area (Å²) in [4.78, 5) is 3.84. The summed E-state index contributed by atoms with van der Waals surface area (Å²) >= 11 is 0. The smallest absolute Gasteiger partial charge is 0.213 e. The van der Waals surface area contributed by atoms with Crippen LogP contribution in [0, 0.1) is 0 Å². The molecule has 1 fully saturated rings. The lowest BCUT2D eigenvalue weighted by molar-refractivity contribution is 0.277. The molecule has 0 spiro atoms. The monoisotopic (exact) mass is 185 g/mol. The van der Waals surface area contributed by atoms with Crippen molar-refractivity contribution in [1.29, 1.82) is 0 Å². The van der Waals surface area contributed by atoms with Crippen molar-refractivity contribution in [3.63, 3.8) is 0 Å². The van der Waals surface area contributed by atoms with E-state index < -0.39 is 6.17 Å². The van der Waals surface area contributed by atoms with Crippen molar-refractivity contribution in [2.45, 2.75) is 38.0 Å². The highest BCUT2D eigenvalue weighted by atomic mass is 19.1. The fraction of sp³-hybridized carbons (Fsp3) is 0.750. The Morgan fingerprint density at radius 3 is 3.15 bits per heavy atom. The SMILES string of the molecule is FC1CCCC1NCc1ncon1. The topological polar surface area (TPSA) is 51.0 Å². The lowest BCUT2D eigenvalue weighted by Crippen LogP contribution is -2.33. The van der Waals surface area contributed by atoms with Crippen LogP contribution in [0.5, 0.6) is 0 Å². The van der Waals surface area contributed by atoms with Crippen LogP contribution in [-0.2, 0) is 6.54 Å². The van der Waals surface area contributed by atoms with Crippen LogP contribution in [0.3, 0.4) is 0 Å². The molecule has 1 aromatic heterocycles. The number of rotatable bonds is 3. The van der Waals surface area contributed by atoms with E-state index in [-0.39, 0.29) is 6.04 Å². The van der Waals surface area contributed by atoms with E-state index in [1.165, 1.54) is 6.39 Å². The molecule has 0 amide bonds. The van der Waals surface area contributed by atoms with Gasteiger partial charge in [-0.1, -0.05) is 5.16 Å². The first-order chi connectivity index (χ1) is 6.36. The van der Waals surface area contributed by atoms with Gasteiger partial charge in [0.05, 0.1) is 6.54 Å². The molecule has 0 radical (unpaired) electrons. The molecule has 72 valence electrons. The van der Waals surface area contributed by atoms with Crippen molar-refractivity contribution in [3.8, 4) is 0 Å². The average Bonchev–Trinajstić information content (AvgIpc) is 2.72. The number of hydrogen-bond acceptors (Lipinski definition) is 4. The summed E-state index contributed by atoms with van der Waals surface area (Å²) in [5.41, 5.74) is 0. The van der Waals surface area contributed by atoms with Crippen molar-refractivity contribution < 1.29 is 8.91 Å². The molecule has 2 unspecified atom stereocenters. The Morgan fingerprint density at radius 2 is 2.54 bits per heavy atom. The van der Waals surface area contributed by atoms with Gasteiger partial charge in [-0.05, 0) is 19.3 Å². The van der Waals surface area contributed by atoms with Gasteiger partial charge in [0, 0.05) is 6.04 Å². The van der Waals surface area contributed by atoms with Crippen molar-refractivity contribution in [2.24, 2.45) is 0 Å².